The van der Waals surface area contributed by atoms with Gasteiger partial charge in [0.1, 0.15) is 0 Å². The van der Waals surface area contributed by atoms with E-state index in [0.29, 0.717) is 36.5 Å². The number of para-hydroxylation sites is 1. The third kappa shape index (κ3) is 4.60. The van der Waals surface area contributed by atoms with Crippen LogP contribution in [0.5, 0.6) is 0 Å². The molecular weight excluding hydrogens is 332 g/mol. The van der Waals surface area contributed by atoms with Crippen molar-refractivity contribution in [3.63, 3.8) is 0 Å². The topological polar surface area (TPSA) is 80.5 Å². The molecule has 0 saturated carbocycles. The van der Waals surface area contributed by atoms with Gasteiger partial charge in [-0.05, 0) is 37.8 Å². The van der Waals surface area contributed by atoms with Gasteiger partial charge in [0.15, 0.2) is 5.82 Å². The van der Waals surface area contributed by atoms with Gasteiger partial charge in [-0.25, -0.2) is 4.79 Å². The molecule has 1 fully saturated rings. The zero-order chi connectivity index (χ0) is 18.4. The van der Waals surface area contributed by atoms with Gasteiger partial charge in [-0.1, -0.05) is 24.2 Å². The maximum atomic E-state index is 12.5. The molecule has 0 unspecified atom stereocenters. The molecule has 2 heterocycles. The van der Waals surface area contributed by atoms with Crippen LogP contribution in [0.1, 0.15) is 38.4 Å². The van der Waals surface area contributed by atoms with Gasteiger partial charge in [-0.3, -0.25) is 0 Å². The molecule has 7 nitrogen and oxygen atoms in total. The molecule has 2 amide bonds. The first-order valence-corrected chi connectivity index (χ1v) is 9.23. The maximum Gasteiger partial charge on any atom is 0.321 e. The third-order valence-corrected chi connectivity index (χ3v) is 4.57. The number of nitrogens with one attached hydrogen (secondary N) is 1. The Labute approximate surface area is 153 Å². The highest BCUT2D eigenvalue weighted by Gasteiger charge is 2.18. The molecule has 1 aliphatic rings. The summed E-state index contributed by atoms with van der Waals surface area (Å²) in [5, 5.41) is 6.87. The minimum Gasteiger partial charge on any atom is -0.378 e. The van der Waals surface area contributed by atoms with E-state index in [4.69, 9.17) is 9.26 Å². The number of ether oxygens (including phenoxy) is 1. The van der Waals surface area contributed by atoms with E-state index in [1.807, 2.05) is 31.2 Å². The molecular formula is C19H26N4O3. The van der Waals surface area contributed by atoms with Crippen LogP contribution in [0.4, 0.5) is 10.5 Å². The van der Waals surface area contributed by atoms with Crippen LogP contribution in [0, 0.1) is 0 Å². The first-order valence-electron chi connectivity index (χ1n) is 9.23. The SMILES string of the molecule is CCc1noc(-c2ccccc2NC(=O)N(C)CCC[C@@H]2CCCO2)n1. The molecule has 1 N–H and O–H groups in total. The summed E-state index contributed by atoms with van der Waals surface area (Å²) in [5.41, 5.74) is 1.38. The van der Waals surface area contributed by atoms with Crippen molar-refractivity contribution in [1.82, 2.24) is 15.0 Å². The normalized spacial score (nSPS) is 16.6. The summed E-state index contributed by atoms with van der Waals surface area (Å²) in [6.45, 7) is 3.52. The number of rotatable bonds is 7. The Bertz CT molecular complexity index is 725. The van der Waals surface area contributed by atoms with E-state index in [0.717, 1.165) is 37.9 Å². The summed E-state index contributed by atoms with van der Waals surface area (Å²) in [4.78, 5) is 18.5. The van der Waals surface area contributed by atoms with Crippen LogP contribution in [0.25, 0.3) is 11.5 Å². The minimum atomic E-state index is -0.153. The average molecular weight is 358 g/mol. The fourth-order valence-electron chi connectivity index (χ4n) is 3.03. The second-order valence-corrected chi connectivity index (χ2v) is 6.54. The number of nitrogens with zero attached hydrogens (tertiary/aromatic N) is 3. The van der Waals surface area contributed by atoms with E-state index in [1.54, 1.807) is 11.9 Å². The lowest BCUT2D eigenvalue weighted by molar-refractivity contribution is 0.101. The minimum absolute atomic E-state index is 0.153. The van der Waals surface area contributed by atoms with E-state index in [-0.39, 0.29) is 6.03 Å². The summed E-state index contributed by atoms with van der Waals surface area (Å²) in [7, 11) is 1.80. The van der Waals surface area contributed by atoms with Gasteiger partial charge < -0.3 is 19.5 Å². The second kappa shape index (κ2) is 8.80. The lowest BCUT2D eigenvalue weighted by atomic mass is 10.1. The quantitative estimate of drug-likeness (QED) is 0.816. The summed E-state index contributed by atoms with van der Waals surface area (Å²) in [6.07, 6.45) is 5.26. The number of aromatic nitrogens is 2. The average Bonchev–Trinajstić information content (AvgIpc) is 3.33. The lowest BCUT2D eigenvalue weighted by Gasteiger charge is -2.19. The Hall–Kier alpha value is -2.41. The molecule has 140 valence electrons. The van der Waals surface area contributed by atoms with E-state index < -0.39 is 0 Å². The standard InChI is InChI=1S/C19H26N4O3/c1-3-17-21-18(26-22-17)15-10-4-5-11-16(15)20-19(24)23(2)12-6-8-14-9-7-13-25-14/h4-5,10-11,14H,3,6-9,12-13H2,1-2H3,(H,20,24)/t14-/m1/s1. The van der Waals surface area contributed by atoms with Crippen molar-refractivity contribution in [1.29, 1.82) is 0 Å². The first kappa shape index (κ1) is 18.4. The van der Waals surface area contributed by atoms with Gasteiger partial charge in [0.25, 0.3) is 5.89 Å². The summed E-state index contributed by atoms with van der Waals surface area (Å²) in [5.74, 6) is 1.06. The molecule has 7 heteroatoms. The Morgan fingerprint density at radius 2 is 2.23 bits per heavy atom. The van der Waals surface area contributed by atoms with E-state index in [9.17, 15) is 4.79 Å². The highest BCUT2D eigenvalue weighted by molar-refractivity contribution is 5.93. The molecule has 2 aromatic rings. The monoisotopic (exact) mass is 358 g/mol. The number of aryl methyl sites for hydroxylation is 1. The van der Waals surface area contributed by atoms with Crippen LogP contribution in [0.15, 0.2) is 28.8 Å². The van der Waals surface area contributed by atoms with Crippen molar-refractivity contribution in [2.45, 2.75) is 45.1 Å². The molecule has 3 rings (SSSR count). The van der Waals surface area contributed by atoms with E-state index in [1.165, 1.54) is 0 Å². The van der Waals surface area contributed by atoms with Crippen molar-refractivity contribution in [3.05, 3.63) is 30.1 Å². The second-order valence-electron chi connectivity index (χ2n) is 6.54. The molecule has 1 aromatic carbocycles. The number of urea groups is 1. The van der Waals surface area contributed by atoms with Crippen LogP contribution in [-0.4, -0.2) is 47.4 Å². The smallest absolute Gasteiger partial charge is 0.321 e. The number of benzene rings is 1. The van der Waals surface area contributed by atoms with Crippen molar-refractivity contribution in [3.8, 4) is 11.5 Å². The highest BCUT2D eigenvalue weighted by atomic mass is 16.5. The molecule has 0 spiro atoms. The Kier molecular flexibility index (Phi) is 6.22. The van der Waals surface area contributed by atoms with Gasteiger partial charge in [0.2, 0.25) is 0 Å². The fourth-order valence-corrected chi connectivity index (χ4v) is 3.03. The highest BCUT2D eigenvalue weighted by Crippen LogP contribution is 2.26. The molecule has 0 aliphatic carbocycles. The summed E-state index contributed by atoms with van der Waals surface area (Å²) >= 11 is 0. The number of carbonyl (C=O) groups is 1. The molecule has 1 aliphatic heterocycles. The van der Waals surface area contributed by atoms with Crippen LogP contribution in [-0.2, 0) is 11.2 Å². The van der Waals surface area contributed by atoms with Gasteiger partial charge in [-0.2, -0.15) is 4.98 Å². The maximum absolute atomic E-state index is 12.5. The molecule has 26 heavy (non-hydrogen) atoms. The van der Waals surface area contributed by atoms with Crippen molar-refractivity contribution in [2.75, 3.05) is 25.5 Å². The predicted molar refractivity (Wildman–Crippen MR) is 99.0 cm³/mol. The zero-order valence-electron chi connectivity index (χ0n) is 15.4. The summed E-state index contributed by atoms with van der Waals surface area (Å²) in [6, 6.07) is 7.29. The zero-order valence-corrected chi connectivity index (χ0v) is 15.4. The molecule has 1 saturated heterocycles. The van der Waals surface area contributed by atoms with Crippen LogP contribution in [0.3, 0.4) is 0 Å². The number of anilines is 1. The molecule has 1 aromatic heterocycles. The number of hydrogen-bond acceptors (Lipinski definition) is 5. The largest absolute Gasteiger partial charge is 0.378 e. The number of hydrogen-bond donors (Lipinski definition) is 1. The lowest BCUT2D eigenvalue weighted by Crippen LogP contribution is -2.32. The Morgan fingerprint density at radius 1 is 1.38 bits per heavy atom. The first-order chi connectivity index (χ1) is 12.7. The molecule has 0 bridgehead atoms. The van der Waals surface area contributed by atoms with Crippen molar-refractivity contribution in [2.24, 2.45) is 0 Å². The number of amides is 2. The van der Waals surface area contributed by atoms with Crippen LogP contribution >= 0.6 is 0 Å². The van der Waals surface area contributed by atoms with Gasteiger partial charge >= 0.3 is 6.03 Å². The Balaban J connectivity index is 1.58. The molecule has 0 radical (unpaired) electrons. The van der Waals surface area contributed by atoms with E-state index in [2.05, 4.69) is 15.5 Å². The third-order valence-electron chi connectivity index (χ3n) is 4.57. The summed E-state index contributed by atoms with van der Waals surface area (Å²) < 4.78 is 10.9. The molecule has 1 atom stereocenters. The predicted octanol–water partition coefficient (Wildman–Crippen LogP) is 3.72. The van der Waals surface area contributed by atoms with Gasteiger partial charge in [0, 0.05) is 26.6 Å². The van der Waals surface area contributed by atoms with Crippen LogP contribution in [0.2, 0.25) is 0 Å². The Morgan fingerprint density at radius 3 is 2.96 bits per heavy atom. The van der Waals surface area contributed by atoms with Crippen molar-refractivity contribution >= 4 is 11.7 Å². The van der Waals surface area contributed by atoms with Gasteiger partial charge in [0.05, 0.1) is 17.4 Å². The van der Waals surface area contributed by atoms with Crippen molar-refractivity contribution < 1.29 is 14.1 Å². The van der Waals surface area contributed by atoms with Crippen LogP contribution < -0.4 is 5.32 Å². The van der Waals surface area contributed by atoms with E-state index >= 15 is 0 Å². The van der Waals surface area contributed by atoms with Gasteiger partial charge in [-0.15, -0.1) is 0 Å². The number of carbonyl (C=O) groups excluding carboxylic acids is 1. The fraction of sp³-hybridized carbons (Fsp3) is 0.526.